The van der Waals surface area contributed by atoms with Crippen LogP contribution in [0.1, 0.15) is 31.2 Å². The molecular weight excluding hydrogens is 276 g/mol. The Labute approximate surface area is 130 Å². The minimum atomic E-state index is -0.727. The Hall–Kier alpha value is -2.55. The highest BCUT2D eigenvalue weighted by Crippen LogP contribution is 2.22. The highest BCUT2D eigenvalue weighted by atomic mass is 16.5. The fraction of sp³-hybridized carbons (Fsp3) is 0.211. The summed E-state index contributed by atoms with van der Waals surface area (Å²) < 4.78 is 5.79. The second-order valence-corrected chi connectivity index (χ2v) is 5.03. The quantitative estimate of drug-likeness (QED) is 0.686. The number of benzene rings is 2. The smallest absolute Gasteiger partial charge is 0.303 e. The molecule has 0 unspecified atom stereocenters. The summed E-state index contributed by atoms with van der Waals surface area (Å²) in [6, 6.07) is 17.6. The lowest BCUT2D eigenvalue weighted by Gasteiger charge is -2.05. The van der Waals surface area contributed by atoms with Crippen molar-refractivity contribution in [2.75, 3.05) is 0 Å². The van der Waals surface area contributed by atoms with Crippen LogP contribution in [0, 0.1) is 0 Å². The van der Waals surface area contributed by atoms with E-state index in [1.54, 1.807) is 0 Å². The predicted octanol–water partition coefficient (Wildman–Crippen LogP) is 5.14. The Morgan fingerprint density at radius 1 is 1.00 bits per heavy atom. The molecule has 22 heavy (non-hydrogen) atoms. The Morgan fingerprint density at radius 2 is 1.77 bits per heavy atom. The zero-order chi connectivity index (χ0) is 15.6. The lowest BCUT2D eigenvalue weighted by atomic mass is 10.1. The van der Waals surface area contributed by atoms with Gasteiger partial charge in [-0.3, -0.25) is 4.79 Å². The topological polar surface area (TPSA) is 46.5 Å². The maximum absolute atomic E-state index is 10.4. The molecule has 0 atom stereocenters. The van der Waals surface area contributed by atoms with E-state index in [-0.39, 0.29) is 6.42 Å². The van der Waals surface area contributed by atoms with Crippen molar-refractivity contribution in [2.24, 2.45) is 0 Å². The van der Waals surface area contributed by atoms with Gasteiger partial charge in [0.15, 0.2) is 0 Å². The number of ether oxygens (including phenoxy) is 1. The number of hydrogen-bond acceptors (Lipinski definition) is 2. The molecule has 1 N–H and O–H groups in total. The van der Waals surface area contributed by atoms with E-state index in [9.17, 15) is 4.79 Å². The van der Waals surface area contributed by atoms with Crippen LogP contribution in [0.15, 0.2) is 60.7 Å². The van der Waals surface area contributed by atoms with Gasteiger partial charge < -0.3 is 9.84 Å². The molecule has 0 saturated heterocycles. The molecule has 2 aromatic rings. The zero-order valence-electron chi connectivity index (χ0n) is 12.4. The normalized spacial score (nSPS) is 10.7. The molecular formula is C19H20O3. The Balaban J connectivity index is 1.84. The Bertz CT molecular complexity index is 618. The molecule has 0 aliphatic heterocycles. The zero-order valence-corrected chi connectivity index (χ0v) is 12.4. The number of unbranched alkanes of at least 4 members (excludes halogenated alkanes) is 2. The van der Waals surface area contributed by atoms with E-state index in [0.29, 0.717) is 0 Å². The largest absolute Gasteiger partial charge is 0.481 e. The van der Waals surface area contributed by atoms with Gasteiger partial charge in [0.1, 0.15) is 11.5 Å². The van der Waals surface area contributed by atoms with Gasteiger partial charge in [-0.05, 0) is 49.1 Å². The van der Waals surface area contributed by atoms with Crippen molar-refractivity contribution >= 4 is 12.0 Å². The number of allylic oxidation sites excluding steroid dienone is 1. The van der Waals surface area contributed by atoms with Crippen molar-refractivity contribution < 1.29 is 14.6 Å². The third-order valence-electron chi connectivity index (χ3n) is 3.16. The Kier molecular flexibility index (Phi) is 6.24. The number of rotatable bonds is 8. The van der Waals surface area contributed by atoms with Crippen molar-refractivity contribution in [3.63, 3.8) is 0 Å². The van der Waals surface area contributed by atoms with Crippen molar-refractivity contribution in [3.8, 4) is 11.5 Å². The van der Waals surface area contributed by atoms with Crippen LogP contribution in [0.4, 0.5) is 0 Å². The molecule has 0 aliphatic rings. The van der Waals surface area contributed by atoms with Gasteiger partial charge in [-0.1, -0.05) is 42.5 Å². The molecule has 0 saturated carbocycles. The summed E-state index contributed by atoms with van der Waals surface area (Å²) in [6.45, 7) is 0. The predicted molar refractivity (Wildman–Crippen MR) is 88.1 cm³/mol. The van der Waals surface area contributed by atoms with E-state index < -0.39 is 5.97 Å². The molecule has 2 aromatic carbocycles. The molecule has 0 spiro atoms. The standard InChI is InChI=1S/C19H20O3/c20-19(21)14-7-2-1-4-9-16-10-8-13-18(15-16)22-17-11-5-3-6-12-17/h3-6,8-13,15H,1-2,7,14H2,(H,20,21). The first-order chi connectivity index (χ1) is 10.7. The third-order valence-corrected chi connectivity index (χ3v) is 3.16. The number of aliphatic carboxylic acids is 1. The molecule has 0 amide bonds. The lowest BCUT2D eigenvalue weighted by Crippen LogP contribution is -1.92. The highest BCUT2D eigenvalue weighted by Gasteiger charge is 1.97. The van der Waals surface area contributed by atoms with Crippen LogP contribution in [0.3, 0.4) is 0 Å². The fourth-order valence-electron chi connectivity index (χ4n) is 2.06. The molecule has 3 heteroatoms. The van der Waals surface area contributed by atoms with Crippen molar-refractivity contribution in [3.05, 3.63) is 66.2 Å². The van der Waals surface area contributed by atoms with Crippen LogP contribution in [0.5, 0.6) is 11.5 Å². The second-order valence-electron chi connectivity index (χ2n) is 5.03. The van der Waals surface area contributed by atoms with E-state index in [4.69, 9.17) is 9.84 Å². The number of carbonyl (C=O) groups is 1. The van der Waals surface area contributed by atoms with Gasteiger partial charge in [-0.15, -0.1) is 0 Å². The number of para-hydroxylation sites is 1. The molecule has 3 nitrogen and oxygen atoms in total. The van der Waals surface area contributed by atoms with Gasteiger partial charge in [0.05, 0.1) is 0 Å². The minimum absolute atomic E-state index is 0.244. The fourth-order valence-corrected chi connectivity index (χ4v) is 2.06. The molecule has 2 rings (SSSR count). The molecule has 0 radical (unpaired) electrons. The summed E-state index contributed by atoms with van der Waals surface area (Å²) in [5.41, 5.74) is 1.08. The lowest BCUT2D eigenvalue weighted by molar-refractivity contribution is -0.137. The molecule has 0 aliphatic carbocycles. The summed E-state index contributed by atoms with van der Waals surface area (Å²) in [7, 11) is 0. The summed E-state index contributed by atoms with van der Waals surface area (Å²) >= 11 is 0. The van der Waals surface area contributed by atoms with Crippen molar-refractivity contribution in [1.82, 2.24) is 0 Å². The van der Waals surface area contributed by atoms with Crippen LogP contribution >= 0.6 is 0 Å². The van der Waals surface area contributed by atoms with Gasteiger partial charge in [0.25, 0.3) is 0 Å². The molecule has 0 heterocycles. The van der Waals surface area contributed by atoms with Gasteiger partial charge in [-0.25, -0.2) is 0 Å². The van der Waals surface area contributed by atoms with E-state index in [0.717, 1.165) is 36.3 Å². The van der Waals surface area contributed by atoms with Crippen LogP contribution in [0.2, 0.25) is 0 Å². The highest BCUT2D eigenvalue weighted by molar-refractivity contribution is 5.66. The maximum Gasteiger partial charge on any atom is 0.303 e. The van der Waals surface area contributed by atoms with E-state index >= 15 is 0 Å². The second kappa shape index (κ2) is 8.67. The average Bonchev–Trinajstić information content (AvgIpc) is 2.52. The maximum atomic E-state index is 10.4. The Morgan fingerprint density at radius 3 is 2.55 bits per heavy atom. The monoisotopic (exact) mass is 296 g/mol. The summed E-state index contributed by atoms with van der Waals surface area (Å²) in [6.07, 6.45) is 6.85. The first-order valence-corrected chi connectivity index (χ1v) is 7.45. The SMILES string of the molecule is O=C(O)CCCCC=Cc1cccc(Oc2ccccc2)c1. The van der Waals surface area contributed by atoms with Crippen LogP contribution < -0.4 is 4.74 Å². The summed E-state index contributed by atoms with van der Waals surface area (Å²) in [4.78, 5) is 10.4. The van der Waals surface area contributed by atoms with Gasteiger partial charge in [0, 0.05) is 6.42 Å². The van der Waals surface area contributed by atoms with Gasteiger partial charge >= 0.3 is 5.97 Å². The van der Waals surface area contributed by atoms with Gasteiger partial charge in [0.2, 0.25) is 0 Å². The van der Waals surface area contributed by atoms with Gasteiger partial charge in [-0.2, -0.15) is 0 Å². The number of carboxylic acids is 1. The summed E-state index contributed by atoms with van der Waals surface area (Å²) in [5, 5.41) is 8.57. The molecule has 0 aromatic heterocycles. The van der Waals surface area contributed by atoms with Crippen molar-refractivity contribution in [2.45, 2.75) is 25.7 Å². The summed E-state index contributed by atoms with van der Waals surface area (Å²) in [5.74, 6) is 0.895. The van der Waals surface area contributed by atoms with E-state index in [1.807, 2.05) is 60.7 Å². The van der Waals surface area contributed by atoms with Crippen LogP contribution in [-0.4, -0.2) is 11.1 Å². The molecule has 114 valence electrons. The minimum Gasteiger partial charge on any atom is -0.481 e. The van der Waals surface area contributed by atoms with Crippen LogP contribution in [-0.2, 0) is 4.79 Å². The van der Waals surface area contributed by atoms with E-state index in [2.05, 4.69) is 6.08 Å². The van der Waals surface area contributed by atoms with Crippen molar-refractivity contribution in [1.29, 1.82) is 0 Å². The molecule has 0 bridgehead atoms. The first kappa shape index (κ1) is 15.8. The molecule has 0 fully saturated rings. The third kappa shape index (κ3) is 5.83. The van der Waals surface area contributed by atoms with E-state index in [1.165, 1.54) is 0 Å². The first-order valence-electron chi connectivity index (χ1n) is 7.45. The average molecular weight is 296 g/mol. The van der Waals surface area contributed by atoms with Crippen LogP contribution in [0.25, 0.3) is 6.08 Å². The number of carboxylic acid groups (broad SMARTS) is 1. The number of hydrogen-bond donors (Lipinski definition) is 1.